The highest BCUT2D eigenvalue weighted by molar-refractivity contribution is 5.78. The van der Waals surface area contributed by atoms with Crippen molar-refractivity contribution < 1.29 is 9.53 Å². The minimum atomic E-state index is 0.261. The van der Waals surface area contributed by atoms with Crippen LogP contribution in [0.5, 0.6) is 0 Å². The van der Waals surface area contributed by atoms with Crippen molar-refractivity contribution in [1.29, 1.82) is 0 Å². The van der Waals surface area contributed by atoms with Gasteiger partial charge in [0.25, 0.3) is 0 Å². The summed E-state index contributed by atoms with van der Waals surface area (Å²) in [5, 5.41) is 3.36. The normalized spacial score (nSPS) is 30.7. The lowest BCUT2D eigenvalue weighted by Gasteiger charge is -2.28. The fraction of sp³-hybridized carbons (Fsp3) is 0.917. The molecule has 2 atom stereocenters. The number of ether oxygens (including phenoxy) is 1. The zero-order valence-electron chi connectivity index (χ0n) is 10.1. The van der Waals surface area contributed by atoms with Gasteiger partial charge in [-0.15, -0.1) is 0 Å². The Kier molecular flexibility index (Phi) is 4.18. The Morgan fingerprint density at radius 1 is 1.44 bits per heavy atom. The molecule has 0 aromatic rings. The van der Waals surface area contributed by atoms with Gasteiger partial charge in [-0.25, -0.2) is 0 Å². The summed E-state index contributed by atoms with van der Waals surface area (Å²) in [6.07, 6.45) is 4.71. The molecule has 4 heteroatoms. The van der Waals surface area contributed by atoms with Crippen LogP contribution in [0.4, 0.5) is 0 Å². The lowest BCUT2D eigenvalue weighted by molar-refractivity contribution is -0.129. The topological polar surface area (TPSA) is 41.6 Å². The highest BCUT2D eigenvalue weighted by atomic mass is 16.5. The molecule has 0 bridgehead atoms. The SMILES string of the molecule is CC1CC(NCC(=O)N2CCCC2)CCO1. The molecule has 16 heavy (non-hydrogen) atoms. The Morgan fingerprint density at radius 2 is 2.19 bits per heavy atom. The summed E-state index contributed by atoms with van der Waals surface area (Å²) in [6.45, 7) is 5.31. The van der Waals surface area contributed by atoms with E-state index >= 15 is 0 Å². The van der Waals surface area contributed by atoms with Crippen LogP contribution in [-0.2, 0) is 9.53 Å². The average molecular weight is 226 g/mol. The van der Waals surface area contributed by atoms with Gasteiger partial charge in [0.05, 0.1) is 12.6 Å². The first-order chi connectivity index (χ1) is 7.75. The van der Waals surface area contributed by atoms with E-state index in [1.54, 1.807) is 0 Å². The van der Waals surface area contributed by atoms with E-state index in [0.29, 0.717) is 18.7 Å². The predicted octanol–water partition coefficient (Wildman–Crippen LogP) is 0.766. The third-order valence-electron chi connectivity index (χ3n) is 3.49. The first kappa shape index (κ1) is 11.9. The van der Waals surface area contributed by atoms with Gasteiger partial charge < -0.3 is 15.0 Å². The molecule has 2 unspecified atom stereocenters. The maximum absolute atomic E-state index is 11.8. The van der Waals surface area contributed by atoms with Crippen LogP contribution >= 0.6 is 0 Å². The number of carbonyl (C=O) groups excluding carboxylic acids is 1. The number of hydrogen-bond acceptors (Lipinski definition) is 3. The molecule has 2 fully saturated rings. The van der Waals surface area contributed by atoms with Crippen LogP contribution in [0.1, 0.15) is 32.6 Å². The van der Waals surface area contributed by atoms with Crippen LogP contribution in [0.15, 0.2) is 0 Å². The summed E-state index contributed by atoms with van der Waals surface area (Å²) >= 11 is 0. The van der Waals surface area contributed by atoms with Gasteiger partial charge in [0.15, 0.2) is 0 Å². The Bertz CT molecular complexity index is 239. The van der Waals surface area contributed by atoms with Crippen molar-refractivity contribution in [2.75, 3.05) is 26.2 Å². The Hall–Kier alpha value is -0.610. The van der Waals surface area contributed by atoms with Crippen LogP contribution in [0.2, 0.25) is 0 Å². The lowest BCUT2D eigenvalue weighted by atomic mass is 10.0. The van der Waals surface area contributed by atoms with Gasteiger partial charge in [-0.05, 0) is 32.6 Å². The van der Waals surface area contributed by atoms with Crippen molar-refractivity contribution in [3.05, 3.63) is 0 Å². The molecule has 2 aliphatic heterocycles. The van der Waals surface area contributed by atoms with Crippen molar-refractivity contribution in [2.24, 2.45) is 0 Å². The van der Waals surface area contributed by atoms with Gasteiger partial charge in [0.2, 0.25) is 5.91 Å². The highest BCUT2D eigenvalue weighted by Crippen LogP contribution is 2.13. The largest absolute Gasteiger partial charge is 0.378 e. The molecule has 4 nitrogen and oxygen atoms in total. The molecule has 0 spiro atoms. The Balaban J connectivity index is 1.67. The first-order valence-corrected chi connectivity index (χ1v) is 6.38. The van der Waals surface area contributed by atoms with Crippen molar-refractivity contribution in [3.8, 4) is 0 Å². The molecule has 2 rings (SSSR count). The summed E-state index contributed by atoms with van der Waals surface area (Å²) in [4.78, 5) is 13.8. The third kappa shape index (κ3) is 3.19. The minimum absolute atomic E-state index is 0.261. The first-order valence-electron chi connectivity index (χ1n) is 6.38. The third-order valence-corrected chi connectivity index (χ3v) is 3.49. The molecule has 0 aromatic heterocycles. The number of carbonyl (C=O) groups is 1. The van der Waals surface area contributed by atoms with E-state index in [4.69, 9.17) is 4.74 Å². The molecule has 2 heterocycles. The smallest absolute Gasteiger partial charge is 0.236 e. The summed E-state index contributed by atoms with van der Waals surface area (Å²) in [6, 6.07) is 0.454. The molecule has 0 radical (unpaired) electrons. The molecule has 2 aliphatic rings. The molecule has 0 aromatic carbocycles. The van der Waals surface area contributed by atoms with E-state index in [9.17, 15) is 4.79 Å². The number of nitrogens with one attached hydrogen (secondary N) is 1. The fourth-order valence-electron chi connectivity index (χ4n) is 2.49. The van der Waals surface area contributed by atoms with Gasteiger partial charge in [-0.3, -0.25) is 4.79 Å². The second kappa shape index (κ2) is 5.64. The Morgan fingerprint density at radius 3 is 2.88 bits per heavy atom. The molecular formula is C12H22N2O2. The van der Waals surface area contributed by atoms with Crippen LogP contribution in [-0.4, -0.2) is 49.2 Å². The second-order valence-electron chi connectivity index (χ2n) is 4.87. The summed E-state index contributed by atoms with van der Waals surface area (Å²) in [7, 11) is 0. The number of hydrogen-bond donors (Lipinski definition) is 1. The average Bonchev–Trinajstić information content (AvgIpc) is 2.79. The van der Waals surface area contributed by atoms with Crippen molar-refractivity contribution >= 4 is 5.91 Å². The zero-order valence-corrected chi connectivity index (χ0v) is 10.1. The molecule has 92 valence electrons. The van der Waals surface area contributed by atoms with E-state index in [1.807, 2.05) is 4.90 Å². The maximum atomic E-state index is 11.8. The summed E-state index contributed by atoms with van der Waals surface area (Å²) < 4.78 is 5.48. The van der Waals surface area contributed by atoms with E-state index in [-0.39, 0.29) is 5.91 Å². The molecule has 2 saturated heterocycles. The van der Waals surface area contributed by atoms with Gasteiger partial charge in [0, 0.05) is 25.7 Å². The van der Waals surface area contributed by atoms with Crippen LogP contribution in [0.3, 0.4) is 0 Å². The standard InChI is InChI=1S/C12H22N2O2/c1-10-8-11(4-7-16-10)13-9-12(15)14-5-2-3-6-14/h10-11,13H,2-9H2,1H3. The van der Waals surface area contributed by atoms with Crippen molar-refractivity contribution in [2.45, 2.75) is 44.8 Å². The van der Waals surface area contributed by atoms with E-state index in [0.717, 1.165) is 32.5 Å². The molecule has 1 amide bonds. The van der Waals surface area contributed by atoms with Crippen LogP contribution in [0, 0.1) is 0 Å². The second-order valence-corrected chi connectivity index (χ2v) is 4.87. The summed E-state index contributed by atoms with van der Waals surface area (Å²) in [5.41, 5.74) is 0. The zero-order chi connectivity index (χ0) is 11.4. The van der Waals surface area contributed by atoms with Crippen LogP contribution in [0.25, 0.3) is 0 Å². The van der Waals surface area contributed by atoms with Gasteiger partial charge in [-0.1, -0.05) is 0 Å². The lowest BCUT2D eigenvalue weighted by Crippen LogP contribution is -2.44. The van der Waals surface area contributed by atoms with Crippen molar-refractivity contribution in [3.63, 3.8) is 0 Å². The van der Waals surface area contributed by atoms with Gasteiger partial charge >= 0.3 is 0 Å². The fourth-order valence-corrected chi connectivity index (χ4v) is 2.49. The maximum Gasteiger partial charge on any atom is 0.236 e. The molecule has 0 saturated carbocycles. The van der Waals surface area contributed by atoms with Gasteiger partial charge in [0.1, 0.15) is 0 Å². The molecular weight excluding hydrogens is 204 g/mol. The Labute approximate surface area is 97.3 Å². The van der Waals surface area contributed by atoms with E-state index in [2.05, 4.69) is 12.2 Å². The van der Waals surface area contributed by atoms with E-state index < -0.39 is 0 Å². The highest BCUT2D eigenvalue weighted by Gasteiger charge is 2.22. The molecule has 1 N–H and O–H groups in total. The van der Waals surface area contributed by atoms with Crippen LogP contribution < -0.4 is 5.32 Å². The quantitative estimate of drug-likeness (QED) is 0.772. The van der Waals surface area contributed by atoms with E-state index in [1.165, 1.54) is 12.8 Å². The van der Waals surface area contributed by atoms with Gasteiger partial charge in [-0.2, -0.15) is 0 Å². The monoisotopic (exact) mass is 226 g/mol. The molecule has 0 aliphatic carbocycles. The number of likely N-dealkylation sites (tertiary alicyclic amines) is 1. The predicted molar refractivity (Wildman–Crippen MR) is 62.3 cm³/mol. The van der Waals surface area contributed by atoms with Crippen molar-refractivity contribution in [1.82, 2.24) is 10.2 Å². The minimum Gasteiger partial charge on any atom is -0.378 e. The number of amides is 1. The number of rotatable bonds is 3. The number of nitrogens with zero attached hydrogens (tertiary/aromatic N) is 1. The summed E-state index contributed by atoms with van der Waals surface area (Å²) in [5.74, 6) is 0.261.